The number of benzene rings is 1. The van der Waals surface area contributed by atoms with E-state index in [1.807, 2.05) is 46.8 Å². The highest BCUT2D eigenvalue weighted by Crippen LogP contribution is 2.28. The van der Waals surface area contributed by atoms with Gasteiger partial charge in [0.1, 0.15) is 11.4 Å². The van der Waals surface area contributed by atoms with Gasteiger partial charge >= 0.3 is 0 Å². The Kier molecular flexibility index (Phi) is 5.59. The van der Waals surface area contributed by atoms with Crippen LogP contribution in [0, 0.1) is 0 Å². The molecule has 152 valence electrons. The molecule has 3 aromatic rings. The van der Waals surface area contributed by atoms with Crippen molar-refractivity contribution in [2.24, 2.45) is 0 Å². The Morgan fingerprint density at radius 3 is 2.79 bits per heavy atom. The van der Waals surface area contributed by atoms with Crippen LogP contribution in [0.25, 0.3) is 11.6 Å². The molecule has 3 heterocycles. The fourth-order valence-corrected chi connectivity index (χ4v) is 3.78. The van der Waals surface area contributed by atoms with Crippen molar-refractivity contribution >= 4 is 5.91 Å². The van der Waals surface area contributed by atoms with E-state index < -0.39 is 0 Å². The zero-order chi connectivity index (χ0) is 20.2. The summed E-state index contributed by atoms with van der Waals surface area (Å²) in [7, 11) is 1.63. The number of aromatic nitrogens is 4. The summed E-state index contributed by atoms with van der Waals surface area (Å²) in [5.74, 6) is 2.27. The number of rotatable bonds is 6. The third-order valence-corrected chi connectivity index (χ3v) is 5.42. The van der Waals surface area contributed by atoms with Gasteiger partial charge in [0.15, 0.2) is 5.82 Å². The first-order chi connectivity index (χ1) is 14.2. The fraction of sp³-hybridized carbons (Fsp3) is 0.429. The zero-order valence-corrected chi connectivity index (χ0v) is 16.7. The van der Waals surface area contributed by atoms with E-state index in [1.165, 1.54) is 0 Å². The first kappa shape index (κ1) is 19.2. The molecule has 4 rings (SSSR count). The van der Waals surface area contributed by atoms with Gasteiger partial charge in [-0.15, -0.1) is 0 Å². The van der Waals surface area contributed by atoms with Gasteiger partial charge < -0.3 is 14.2 Å². The first-order valence-electron chi connectivity index (χ1n) is 9.95. The van der Waals surface area contributed by atoms with Crippen molar-refractivity contribution in [3.05, 3.63) is 47.9 Å². The molecule has 0 bridgehead atoms. The van der Waals surface area contributed by atoms with Crippen molar-refractivity contribution in [1.82, 2.24) is 24.8 Å². The molecule has 0 atom stereocenters. The molecular weight excluding hydrogens is 370 g/mol. The standard InChI is InChI=1S/C21H25N5O3/c1-3-26-17(8-11-22-26)21-23-20(24-29-21)15-9-12-25(13-10-15)19(27)14-16-6-4-5-7-18(16)28-2/h4-8,11,15H,3,9-10,12-14H2,1-2H3. The van der Waals surface area contributed by atoms with Gasteiger partial charge in [-0.2, -0.15) is 10.1 Å². The Morgan fingerprint density at radius 1 is 1.24 bits per heavy atom. The van der Waals surface area contributed by atoms with Gasteiger partial charge in [-0.05, 0) is 31.9 Å². The van der Waals surface area contributed by atoms with Gasteiger partial charge in [0.05, 0.1) is 13.5 Å². The van der Waals surface area contributed by atoms with Crippen LogP contribution in [0.4, 0.5) is 0 Å². The molecule has 1 saturated heterocycles. The number of piperidine rings is 1. The van der Waals surface area contributed by atoms with Crippen LogP contribution in [0.1, 0.15) is 37.1 Å². The molecular formula is C21H25N5O3. The van der Waals surface area contributed by atoms with Crippen LogP contribution >= 0.6 is 0 Å². The third-order valence-electron chi connectivity index (χ3n) is 5.42. The Labute approximate surface area is 169 Å². The SMILES string of the molecule is CCn1nccc1-c1nc(C2CCN(C(=O)Cc3ccccc3OC)CC2)no1. The van der Waals surface area contributed by atoms with E-state index in [0.29, 0.717) is 31.2 Å². The lowest BCUT2D eigenvalue weighted by molar-refractivity contribution is -0.131. The second-order valence-corrected chi connectivity index (χ2v) is 7.13. The first-order valence-corrected chi connectivity index (χ1v) is 9.95. The molecule has 0 radical (unpaired) electrons. The number of likely N-dealkylation sites (tertiary alicyclic amines) is 1. The minimum absolute atomic E-state index is 0.119. The van der Waals surface area contributed by atoms with Crippen LogP contribution in [0.3, 0.4) is 0 Å². The molecule has 1 amide bonds. The second-order valence-electron chi connectivity index (χ2n) is 7.13. The van der Waals surface area contributed by atoms with E-state index in [9.17, 15) is 4.79 Å². The molecule has 1 aromatic carbocycles. The maximum Gasteiger partial charge on any atom is 0.276 e. The Balaban J connectivity index is 1.37. The Morgan fingerprint density at radius 2 is 2.03 bits per heavy atom. The lowest BCUT2D eigenvalue weighted by Crippen LogP contribution is -2.39. The third kappa shape index (κ3) is 4.01. The Bertz CT molecular complexity index is 972. The normalized spacial score (nSPS) is 14.9. The van der Waals surface area contributed by atoms with E-state index in [0.717, 1.165) is 36.4 Å². The molecule has 1 aliphatic rings. The van der Waals surface area contributed by atoms with E-state index in [-0.39, 0.29) is 11.8 Å². The molecule has 29 heavy (non-hydrogen) atoms. The van der Waals surface area contributed by atoms with Crippen molar-refractivity contribution in [3.8, 4) is 17.3 Å². The van der Waals surface area contributed by atoms with E-state index in [1.54, 1.807) is 13.3 Å². The molecule has 2 aromatic heterocycles. The number of amides is 1. The topological polar surface area (TPSA) is 86.3 Å². The predicted octanol–water partition coefficient (Wildman–Crippen LogP) is 2.91. The number of para-hydroxylation sites is 1. The van der Waals surface area contributed by atoms with E-state index in [2.05, 4.69) is 15.2 Å². The fourth-order valence-electron chi connectivity index (χ4n) is 3.78. The summed E-state index contributed by atoms with van der Waals surface area (Å²) in [6.07, 6.45) is 3.73. The maximum absolute atomic E-state index is 12.7. The summed E-state index contributed by atoms with van der Waals surface area (Å²) >= 11 is 0. The van der Waals surface area contributed by atoms with Crippen LogP contribution in [-0.4, -0.2) is 50.9 Å². The van der Waals surface area contributed by atoms with Crippen LogP contribution < -0.4 is 4.74 Å². The maximum atomic E-state index is 12.7. The minimum Gasteiger partial charge on any atom is -0.496 e. The van der Waals surface area contributed by atoms with Crippen molar-refractivity contribution in [1.29, 1.82) is 0 Å². The van der Waals surface area contributed by atoms with Gasteiger partial charge in [-0.1, -0.05) is 23.4 Å². The summed E-state index contributed by atoms with van der Waals surface area (Å²) in [4.78, 5) is 19.2. The number of aryl methyl sites for hydroxylation is 1. The van der Waals surface area contributed by atoms with Crippen molar-refractivity contribution in [2.45, 2.75) is 38.6 Å². The largest absolute Gasteiger partial charge is 0.496 e. The molecule has 8 nitrogen and oxygen atoms in total. The number of methoxy groups -OCH3 is 1. The number of carbonyl (C=O) groups is 1. The van der Waals surface area contributed by atoms with Crippen molar-refractivity contribution in [3.63, 3.8) is 0 Å². The molecule has 8 heteroatoms. The molecule has 0 unspecified atom stereocenters. The molecule has 0 N–H and O–H groups in total. The number of ether oxygens (including phenoxy) is 1. The summed E-state index contributed by atoms with van der Waals surface area (Å²) < 4.78 is 12.7. The highest BCUT2D eigenvalue weighted by atomic mass is 16.5. The summed E-state index contributed by atoms with van der Waals surface area (Å²) in [5, 5.41) is 8.43. The average Bonchev–Trinajstić information content (AvgIpc) is 3.43. The van der Waals surface area contributed by atoms with Gasteiger partial charge in [-0.3, -0.25) is 9.48 Å². The van der Waals surface area contributed by atoms with Crippen LogP contribution in [0.2, 0.25) is 0 Å². The molecule has 0 saturated carbocycles. The number of nitrogens with zero attached hydrogens (tertiary/aromatic N) is 5. The van der Waals surface area contributed by atoms with E-state index in [4.69, 9.17) is 9.26 Å². The van der Waals surface area contributed by atoms with Crippen molar-refractivity contribution in [2.75, 3.05) is 20.2 Å². The van der Waals surface area contributed by atoms with E-state index >= 15 is 0 Å². The summed E-state index contributed by atoms with van der Waals surface area (Å²) in [5.41, 5.74) is 1.74. The van der Waals surface area contributed by atoms with Crippen molar-refractivity contribution < 1.29 is 14.1 Å². The van der Waals surface area contributed by atoms with Gasteiger partial charge in [0.25, 0.3) is 5.89 Å². The highest BCUT2D eigenvalue weighted by molar-refractivity contribution is 5.79. The average molecular weight is 395 g/mol. The lowest BCUT2D eigenvalue weighted by atomic mass is 9.95. The highest BCUT2D eigenvalue weighted by Gasteiger charge is 2.28. The van der Waals surface area contributed by atoms with Gasteiger partial charge in [0, 0.05) is 37.3 Å². The number of hydrogen-bond acceptors (Lipinski definition) is 6. The van der Waals surface area contributed by atoms with Crippen LogP contribution in [-0.2, 0) is 17.8 Å². The quantitative estimate of drug-likeness (QED) is 0.638. The zero-order valence-electron chi connectivity index (χ0n) is 16.7. The van der Waals surface area contributed by atoms with Gasteiger partial charge in [0.2, 0.25) is 5.91 Å². The number of carbonyl (C=O) groups excluding carboxylic acids is 1. The Hall–Kier alpha value is -3.16. The summed E-state index contributed by atoms with van der Waals surface area (Å²) in [6, 6.07) is 9.53. The molecule has 0 aliphatic carbocycles. The molecule has 1 aliphatic heterocycles. The smallest absolute Gasteiger partial charge is 0.276 e. The monoisotopic (exact) mass is 395 g/mol. The lowest BCUT2D eigenvalue weighted by Gasteiger charge is -2.30. The second kappa shape index (κ2) is 8.46. The van der Waals surface area contributed by atoms with Crippen LogP contribution in [0.15, 0.2) is 41.1 Å². The van der Waals surface area contributed by atoms with Crippen LogP contribution in [0.5, 0.6) is 5.75 Å². The number of hydrogen-bond donors (Lipinski definition) is 0. The van der Waals surface area contributed by atoms with Gasteiger partial charge in [-0.25, -0.2) is 0 Å². The molecule has 1 fully saturated rings. The molecule has 0 spiro atoms. The minimum atomic E-state index is 0.119. The predicted molar refractivity (Wildman–Crippen MR) is 106 cm³/mol. The summed E-state index contributed by atoms with van der Waals surface area (Å²) in [6.45, 7) is 4.14.